The molecule has 2 heterocycles. The van der Waals surface area contributed by atoms with Crippen molar-refractivity contribution in [1.82, 2.24) is 9.38 Å². The molecule has 0 aliphatic heterocycles. The molecular weight excluding hydrogens is 504 g/mol. The van der Waals surface area contributed by atoms with Crippen molar-refractivity contribution in [2.45, 2.75) is 45.4 Å². The van der Waals surface area contributed by atoms with Crippen molar-refractivity contribution in [1.29, 1.82) is 0 Å². The second kappa shape index (κ2) is 12.8. The molecule has 0 N–H and O–H groups in total. The Balaban J connectivity index is 1.45. The summed E-state index contributed by atoms with van der Waals surface area (Å²) >= 11 is 1.40. The van der Waals surface area contributed by atoms with E-state index in [1.54, 1.807) is 11.5 Å². The molecule has 3 aromatic carbocycles. The first-order valence-corrected chi connectivity index (χ1v) is 14.5. The highest BCUT2D eigenvalue weighted by atomic mass is 32.1. The van der Waals surface area contributed by atoms with Crippen molar-refractivity contribution in [3.8, 4) is 34.0 Å². The maximum absolute atomic E-state index is 13.7. The zero-order valence-corrected chi connectivity index (χ0v) is 23.4. The van der Waals surface area contributed by atoms with Crippen LogP contribution in [0.25, 0.3) is 33.6 Å². The van der Waals surface area contributed by atoms with E-state index < -0.39 is 0 Å². The lowest BCUT2D eigenvalue weighted by atomic mass is 10.1. The molecule has 0 saturated heterocycles. The Morgan fingerprint density at radius 1 is 0.846 bits per heavy atom. The van der Waals surface area contributed by atoms with Gasteiger partial charge in [0.15, 0.2) is 16.5 Å². The quantitative estimate of drug-likeness (QED) is 0.156. The van der Waals surface area contributed by atoms with E-state index in [-0.39, 0.29) is 5.56 Å². The maximum Gasteiger partial charge on any atom is 0.274 e. The zero-order chi connectivity index (χ0) is 27.0. The Morgan fingerprint density at radius 2 is 1.54 bits per heavy atom. The lowest BCUT2D eigenvalue weighted by Gasteiger charge is -2.11. The number of methoxy groups -OCH3 is 1. The fraction of sp³-hybridized carbons (Fsp3) is 0.273. The topological polar surface area (TPSA) is 52.8 Å². The Kier molecular flexibility index (Phi) is 8.74. The summed E-state index contributed by atoms with van der Waals surface area (Å²) in [7, 11) is 1.65. The third-order valence-corrected chi connectivity index (χ3v) is 7.77. The Hall–Kier alpha value is -3.90. The maximum atomic E-state index is 13.7. The third kappa shape index (κ3) is 6.07. The number of imidazole rings is 1. The monoisotopic (exact) mass is 538 g/mol. The van der Waals surface area contributed by atoms with Gasteiger partial charge in [0.2, 0.25) is 0 Å². The number of thiazole rings is 1. The molecule has 39 heavy (non-hydrogen) atoms. The fourth-order valence-corrected chi connectivity index (χ4v) is 5.74. The van der Waals surface area contributed by atoms with Gasteiger partial charge in [0.05, 0.1) is 29.6 Å². The van der Waals surface area contributed by atoms with Gasteiger partial charge in [-0.2, -0.15) is 0 Å². The van der Waals surface area contributed by atoms with E-state index in [1.807, 2.05) is 84.9 Å². The highest BCUT2D eigenvalue weighted by Crippen LogP contribution is 2.33. The van der Waals surface area contributed by atoms with E-state index in [9.17, 15) is 4.79 Å². The molecule has 5 aromatic rings. The highest BCUT2D eigenvalue weighted by Gasteiger charge is 2.20. The number of fused-ring (bicyclic) bond motifs is 1. The number of ether oxygens (including phenoxy) is 2. The van der Waals surface area contributed by atoms with Crippen LogP contribution in [-0.2, 0) is 0 Å². The van der Waals surface area contributed by atoms with Gasteiger partial charge in [-0.15, -0.1) is 0 Å². The molecule has 0 atom stereocenters. The number of benzene rings is 3. The second-order valence-corrected chi connectivity index (χ2v) is 10.6. The summed E-state index contributed by atoms with van der Waals surface area (Å²) in [6.45, 7) is 2.90. The van der Waals surface area contributed by atoms with Crippen LogP contribution in [0.3, 0.4) is 0 Å². The van der Waals surface area contributed by atoms with Crippen LogP contribution in [0, 0.1) is 0 Å². The van der Waals surface area contributed by atoms with Gasteiger partial charge in [-0.1, -0.05) is 117 Å². The number of aromatic nitrogens is 2. The molecule has 0 fully saturated rings. The molecular formula is C33H34N2O3S. The first kappa shape index (κ1) is 26.7. The summed E-state index contributed by atoms with van der Waals surface area (Å²) in [6.07, 6.45) is 9.21. The predicted octanol–water partition coefficient (Wildman–Crippen LogP) is 7.39. The zero-order valence-electron chi connectivity index (χ0n) is 22.6. The van der Waals surface area contributed by atoms with E-state index >= 15 is 0 Å². The highest BCUT2D eigenvalue weighted by molar-refractivity contribution is 7.15. The minimum absolute atomic E-state index is 0.0779. The Labute approximate surface area is 233 Å². The standard InChI is InChI=1S/C33H34N2O3S/c1-3-4-5-6-7-14-21-38-27-20-19-24(22-28(27)37-2)23-29-32(36)35-31(26-17-12-9-13-18-26)30(34-33(35)39-29)25-15-10-8-11-16-25/h8-13,15-20,22-23H,3-7,14,21H2,1-2H3. The van der Waals surface area contributed by atoms with Gasteiger partial charge in [0.25, 0.3) is 5.56 Å². The molecule has 0 radical (unpaired) electrons. The first-order valence-electron chi connectivity index (χ1n) is 13.7. The third-order valence-electron chi connectivity index (χ3n) is 6.80. The minimum Gasteiger partial charge on any atom is -0.493 e. The Bertz CT molecular complexity index is 1620. The summed E-state index contributed by atoms with van der Waals surface area (Å²) in [5.74, 6) is 1.39. The van der Waals surface area contributed by atoms with Gasteiger partial charge in [-0.25, -0.2) is 9.38 Å². The molecule has 2 aromatic heterocycles. The number of hydrogen-bond acceptors (Lipinski definition) is 5. The smallest absolute Gasteiger partial charge is 0.274 e. The summed E-state index contributed by atoms with van der Waals surface area (Å²) in [5, 5.41) is 0. The first-order chi connectivity index (χ1) is 19.2. The molecule has 200 valence electrons. The molecule has 0 unspecified atom stereocenters. The molecule has 0 bridgehead atoms. The van der Waals surface area contributed by atoms with Crippen LogP contribution in [-0.4, -0.2) is 23.1 Å². The average Bonchev–Trinajstić information content (AvgIpc) is 3.50. The Morgan fingerprint density at radius 3 is 2.26 bits per heavy atom. The van der Waals surface area contributed by atoms with Crippen molar-refractivity contribution in [2.75, 3.05) is 13.7 Å². The van der Waals surface area contributed by atoms with E-state index in [0.29, 0.717) is 21.8 Å². The molecule has 5 rings (SSSR count). The molecule has 5 nitrogen and oxygen atoms in total. The van der Waals surface area contributed by atoms with E-state index in [2.05, 4.69) is 6.92 Å². The molecule has 0 amide bonds. The van der Waals surface area contributed by atoms with Crippen LogP contribution in [0.15, 0.2) is 83.7 Å². The number of rotatable bonds is 12. The molecule has 0 saturated carbocycles. The summed E-state index contributed by atoms with van der Waals surface area (Å²) in [6, 6.07) is 25.8. The SMILES string of the molecule is CCCCCCCCOc1ccc(C=c2sc3nc(-c4ccccc4)c(-c4ccccc4)n3c2=O)cc1OC. The lowest BCUT2D eigenvalue weighted by molar-refractivity contribution is 0.284. The predicted molar refractivity (Wildman–Crippen MR) is 161 cm³/mol. The van der Waals surface area contributed by atoms with Crippen molar-refractivity contribution in [3.05, 3.63) is 99.3 Å². The molecule has 0 aliphatic rings. The van der Waals surface area contributed by atoms with Crippen molar-refractivity contribution < 1.29 is 9.47 Å². The van der Waals surface area contributed by atoms with E-state index in [0.717, 1.165) is 40.2 Å². The largest absolute Gasteiger partial charge is 0.493 e. The summed E-state index contributed by atoms with van der Waals surface area (Å²) < 4.78 is 14.0. The van der Waals surface area contributed by atoms with E-state index in [4.69, 9.17) is 14.5 Å². The fourth-order valence-electron chi connectivity index (χ4n) is 4.77. The van der Waals surface area contributed by atoms with Crippen molar-refractivity contribution in [2.24, 2.45) is 0 Å². The van der Waals surface area contributed by atoms with Gasteiger partial charge in [-0.3, -0.25) is 4.79 Å². The second-order valence-electron chi connectivity index (χ2n) is 9.60. The van der Waals surface area contributed by atoms with Crippen LogP contribution < -0.4 is 19.6 Å². The van der Waals surface area contributed by atoms with Crippen LogP contribution in [0.5, 0.6) is 11.5 Å². The van der Waals surface area contributed by atoms with Crippen LogP contribution in [0.2, 0.25) is 0 Å². The van der Waals surface area contributed by atoms with Crippen LogP contribution >= 0.6 is 11.3 Å². The normalized spacial score (nSPS) is 11.8. The van der Waals surface area contributed by atoms with Crippen molar-refractivity contribution >= 4 is 22.4 Å². The van der Waals surface area contributed by atoms with Gasteiger partial charge in [-0.05, 0) is 30.2 Å². The molecule has 0 spiro atoms. The number of nitrogens with zero attached hydrogens (tertiary/aromatic N) is 2. The van der Waals surface area contributed by atoms with E-state index in [1.165, 1.54) is 43.4 Å². The minimum atomic E-state index is -0.0779. The number of unbranched alkanes of at least 4 members (excludes halogenated alkanes) is 5. The van der Waals surface area contributed by atoms with Gasteiger partial charge in [0, 0.05) is 11.1 Å². The van der Waals surface area contributed by atoms with Crippen LogP contribution in [0.4, 0.5) is 0 Å². The lowest BCUT2D eigenvalue weighted by Crippen LogP contribution is -2.23. The van der Waals surface area contributed by atoms with Gasteiger partial charge >= 0.3 is 0 Å². The number of hydrogen-bond donors (Lipinski definition) is 0. The van der Waals surface area contributed by atoms with Gasteiger partial charge in [0.1, 0.15) is 0 Å². The molecule has 0 aliphatic carbocycles. The van der Waals surface area contributed by atoms with Crippen LogP contribution in [0.1, 0.15) is 51.0 Å². The molecule has 6 heteroatoms. The summed E-state index contributed by atoms with van der Waals surface area (Å²) in [4.78, 5) is 19.3. The summed E-state index contributed by atoms with van der Waals surface area (Å²) in [5.41, 5.74) is 4.37. The average molecular weight is 539 g/mol. The van der Waals surface area contributed by atoms with Gasteiger partial charge < -0.3 is 9.47 Å². The van der Waals surface area contributed by atoms with Crippen molar-refractivity contribution in [3.63, 3.8) is 0 Å².